The van der Waals surface area contributed by atoms with Gasteiger partial charge in [-0.15, -0.1) is 0 Å². The maximum absolute atomic E-state index is 12.6. The number of carbonyl (C=O) groups excluding carboxylic acids is 2. The van der Waals surface area contributed by atoms with Crippen molar-refractivity contribution in [2.24, 2.45) is 5.92 Å². The molecule has 1 heterocycles. The van der Waals surface area contributed by atoms with Crippen LogP contribution in [-0.2, 0) is 19.0 Å². The molecule has 0 radical (unpaired) electrons. The molecule has 2 rings (SSSR count). The molecule has 1 fully saturated rings. The molecule has 3 unspecified atom stereocenters. The molecular weight excluding hydrogens is 456 g/mol. The van der Waals surface area contributed by atoms with Crippen LogP contribution in [0.4, 0.5) is 4.79 Å². The average Bonchev–Trinajstić information content (AvgIpc) is 2.81. The first-order valence-electron chi connectivity index (χ1n) is 11.9. The fourth-order valence-electron chi connectivity index (χ4n) is 3.34. The molecule has 1 aliphatic heterocycles. The van der Waals surface area contributed by atoms with E-state index in [9.17, 15) is 14.7 Å². The van der Waals surface area contributed by atoms with Crippen LogP contribution in [0.2, 0.25) is 0 Å². The summed E-state index contributed by atoms with van der Waals surface area (Å²) in [6.07, 6.45) is -1.09. The summed E-state index contributed by atoms with van der Waals surface area (Å²) in [6.45, 7) is 10.6. The summed E-state index contributed by atoms with van der Waals surface area (Å²) in [7, 11) is 0. The molecule has 0 aromatic heterocycles. The van der Waals surface area contributed by atoms with Crippen molar-refractivity contribution in [3.63, 3.8) is 0 Å². The van der Waals surface area contributed by atoms with Crippen LogP contribution >= 0.6 is 0 Å². The predicted octanol–water partition coefficient (Wildman–Crippen LogP) is 2.70. The lowest BCUT2D eigenvalue weighted by molar-refractivity contribution is -0.162. The highest BCUT2D eigenvalue weighted by atomic mass is 16.7. The number of ether oxygens (including phenoxy) is 5. The molecule has 10 heteroatoms. The van der Waals surface area contributed by atoms with Crippen molar-refractivity contribution in [1.29, 1.82) is 0 Å². The van der Waals surface area contributed by atoms with Crippen LogP contribution in [0, 0.1) is 5.92 Å². The molecule has 35 heavy (non-hydrogen) atoms. The molecule has 1 aromatic rings. The van der Waals surface area contributed by atoms with E-state index in [0.717, 1.165) is 0 Å². The quantitative estimate of drug-likeness (QED) is 0.257. The molecule has 1 aromatic carbocycles. The molecule has 0 saturated carbocycles. The molecule has 0 aliphatic carbocycles. The zero-order valence-electron chi connectivity index (χ0n) is 21.2. The zero-order valence-corrected chi connectivity index (χ0v) is 21.2. The maximum atomic E-state index is 12.6. The smallest absolute Gasteiger partial charge is 0.413 e. The topological polar surface area (TPSA) is 116 Å². The Morgan fingerprint density at radius 1 is 1.17 bits per heavy atom. The van der Waals surface area contributed by atoms with Gasteiger partial charge < -0.3 is 33.7 Å². The maximum Gasteiger partial charge on any atom is 0.413 e. The highest BCUT2D eigenvalue weighted by Gasteiger charge is 2.28. The Hall–Kier alpha value is -2.82. The van der Waals surface area contributed by atoms with E-state index < -0.39 is 24.6 Å². The molecule has 1 amide bonds. The molecule has 2 N–H and O–H groups in total. The SMILES string of the molecule is CCOc1ccccc1OCC1CN(C(=O)OC(C)OC(=O)/C(=C\C(C)C)CNC(C)O)CCO1. The van der Waals surface area contributed by atoms with Crippen LogP contribution in [0.3, 0.4) is 0 Å². The summed E-state index contributed by atoms with van der Waals surface area (Å²) in [5.41, 5.74) is 0.347. The number of amides is 1. The summed E-state index contributed by atoms with van der Waals surface area (Å²) in [5, 5.41) is 12.2. The van der Waals surface area contributed by atoms with E-state index in [1.54, 1.807) is 13.0 Å². The van der Waals surface area contributed by atoms with Gasteiger partial charge >= 0.3 is 12.1 Å². The number of nitrogens with zero attached hydrogens (tertiary/aromatic N) is 1. The normalized spacial score (nSPS) is 18.1. The fraction of sp³-hybridized carbons (Fsp3) is 0.600. The van der Waals surface area contributed by atoms with Crippen LogP contribution in [-0.4, -0.2) is 80.1 Å². The van der Waals surface area contributed by atoms with Crippen molar-refractivity contribution in [3.8, 4) is 11.5 Å². The number of nitrogens with one attached hydrogen (secondary N) is 1. The van der Waals surface area contributed by atoms with Crippen LogP contribution in [0.15, 0.2) is 35.9 Å². The van der Waals surface area contributed by atoms with Gasteiger partial charge in [-0.3, -0.25) is 5.32 Å². The molecule has 196 valence electrons. The Morgan fingerprint density at radius 2 is 1.86 bits per heavy atom. The largest absolute Gasteiger partial charge is 0.490 e. The van der Waals surface area contributed by atoms with Crippen LogP contribution in [0.5, 0.6) is 11.5 Å². The van der Waals surface area contributed by atoms with Gasteiger partial charge in [0.15, 0.2) is 11.5 Å². The second-order valence-electron chi connectivity index (χ2n) is 8.48. The van der Waals surface area contributed by atoms with Crippen molar-refractivity contribution in [2.45, 2.75) is 53.2 Å². The monoisotopic (exact) mass is 494 g/mol. The van der Waals surface area contributed by atoms with Gasteiger partial charge in [0.2, 0.25) is 6.29 Å². The number of aliphatic hydroxyl groups is 1. The lowest BCUT2D eigenvalue weighted by atomic mass is 10.1. The van der Waals surface area contributed by atoms with Crippen molar-refractivity contribution in [3.05, 3.63) is 35.9 Å². The first kappa shape index (κ1) is 28.4. The van der Waals surface area contributed by atoms with Gasteiger partial charge in [-0.05, 0) is 31.9 Å². The average molecular weight is 495 g/mol. The second kappa shape index (κ2) is 14.6. The minimum atomic E-state index is -1.09. The third kappa shape index (κ3) is 10.1. The third-order valence-electron chi connectivity index (χ3n) is 4.90. The Balaban J connectivity index is 1.86. The number of hydrogen-bond acceptors (Lipinski definition) is 9. The number of aliphatic hydroxyl groups excluding tert-OH is 1. The Kier molecular flexibility index (Phi) is 11.8. The van der Waals surface area contributed by atoms with Crippen molar-refractivity contribution in [2.75, 3.05) is 39.5 Å². The Morgan fingerprint density at radius 3 is 2.49 bits per heavy atom. The molecule has 0 bridgehead atoms. The lowest BCUT2D eigenvalue weighted by Crippen LogP contribution is -2.48. The number of carbonyl (C=O) groups is 2. The summed E-state index contributed by atoms with van der Waals surface area (Å²) in [5.74, 6) is 0.730. The molecular formula is C25H38N2O8. The highest BCUT2D eigenvalue weighted by Crippen LogP contribution is 2.26. The van der Waals surface area contributed by atoms with Gasteiger partial charge in [0.1, 0.15) is 18.9 Å². The van der Waals surface area contributed by atoms with Crippen molar-refractivity contribution >= 4 is 12.1 Å². The third-order valence-corrected chi connectivity index (χ3v) is 4.90. The second-order valence-corrected chi connectivity index (χ2v) is 8.48. The summed E-state index contributed by atoms with van der Waals surface area (Å²) < 4.78 is 27.8. The van der Waals surface area contributed by atoms with E-state index >= 15 is 0 Å². The molecule has 3 atom stereocenters. The van der Waals surface area contributed by atoms with Crippen molar-refractivity contribution in [1.82, 2.24) is 10.2 Å². The number of rotatable bonds is 12. The van der Waals surface area contributed by atoms with E-state index in [1.807, 2.05) is 45.0 Å². The standard InChI is InChI=1S/C25H38N2O8/c1-6-31-22-9-7-8-10-23(22)33-16-21-15-27(11-12-32-21)25(30)35-19(5)34-24(29)20(13-17(2)3)14-26-18(4)28/h7-10,13,17-19,21,26,28H,6,11-12,14-16H2,1-5H3/b20-13-. The molecule has 10 nitrogen and oxygen atoms in total. The highest BCUT2D eigenvalue weighted by molar-refractivity contribution is 5.89. The van der Waals surface area contributed by atoms with Crippen LogP contribution in [0.1, 0.15) is 34.6 Å². The number of benzene rings is 1. The van der Waals surface area contributed by atoms with Gasteiger partial charge in [0, 0.05) is 25.6 Å². The van der Waals surface area contributed by atoms with Gasteiger partial charge in [-0.1, -0.05) is 32.1 Å². The fourth-order valence-corrected chi connectivity index (χ4v) is 3.34. The predicted molar refractivity (Wildman–Crippen MR) is 129 cm³/mol. The van der Waals surface area contributed by atoms with E-state index in [1.165, 1.54) is 11.8 Å². The lowest BCUT2D eigenvalue weighted by Gasteiger charge is -2.32. The van der Waals surface area contributed by atoms with Gasteiger partial charge in [0.25, 0.3) is 0 Å². The summed E-state index contributed by atoms with van der Waals surface area (Å²) in [4.78, 5) is 26.7. The van der Waals surface area contributed by atoms with Gasteiger partial charge in [-0.25, -0.2) is 9.59 Å². The van der Waals surface area contributed by atoms with Gasteiger partial charge in [-0.2, -0.15) is 0 Å². The van der Waals surface area contributed by atoms with Gasteiger partial charge in [0.05, 0.1) is 19.8 Å². The first-order chi connectivity index (χ1) is 16.7. The number of esters is 1. The Labute approximate surface area is 207 Å². The van der Waals surface area contributed by atoms with Crippen molar-refractivity contribution < 1.29 is 38.4 Å². The number of para-hydroxylation sites is 2. The molecule has 0 spiro atoms. The number of morpholine rings is 1. The first-order valence-corrected chi connectivity index (χ1v) is 11.9. The minimum Gasteiger partial charge on any atom is -0.490 e. The van der Waals surface area contributed by atoms with E-state index in [0.29, 0.717) is 36.8 Å². The molecule has 1 aliphatic rings. The Bertz CT molecular complexity index is 843. The number of allylic oxidation sites excluding steroid dienone is 1. The number of hydrogen-bond donors (Lipinski definition) is 2. The van der Waals surface area contributed by atoms with E-state index in [4.69, 9.17) is 23.7 Å². The van der Waals surface area contributed by atoms with Crippen LogP contribution in [0.25, 0.3) is 0 Å². The zero-order chi connectivity index (χ0) is 25.8. The van der Waals surface area contributed by atoms with E-state index in [-0.39, 0.29) is 31.7 Å². The summed E-state index contributed by atoms with van der Waals surface area (Å²) >= 11 is 0. The minimum absolute atomic E-state index is 0.0965. The molecule has 1 saturated heterocycles. The summed E-state index contributed by atoms with van der Waals surface area (Å²) in [6, 6.07) is 7.36. The van der Waals surface area contributed by atoms with Crippen LogP contribution < -0.4 is 14.8 Å². The van der Waals surface area contributed by atoms with E-state index in [2.05, 4.69) is 5.32 Å².